The number of hydrogen-bond acceptors (Lipinski definition) is 3. The molecule has 1 aliphatic heterocycles. The molecule has 1 atom stereocenters. The smallest absolute Gasteiger partial charge is 0.224 e. The lowest BCUT2D eigenvalue weighted by Crippen LogP contribution is -2.21. The predicted molar refractivity (Wildman–Crippen MR) is 87.9 cm³/mol. The van der Waals surface area contributed by atoms with Crippen molar-refractivity contribution in [2.45, 2.75) is 12.3 Å². The Hall–Kier alpha value is -1.84. The Labute approximate surface area is 137 Å². The molecule has 0 spiro atoms. The summed E-state index contributed by atoms with van der Waals surface area (Å²) in [5, 5.41) is 2.91. The topological polar surface area (TPSA) is 35.0 Å². The quantitative estimate of drug-likeness (QED) is 0.481. The van der Waals surface area contributed by atoms with Crippen LogP contribution in [-0.2, 0) is 6.42 Å². The van der Waals surface area contributed by atoms with E-state index in [1.165, 1.54) is 16.3 Å². The van der Waals surface area contributed by atoms with E-state index in [4.69, 9.17) is 27.9 Å². The first kappa shape index (κ1) is 13.8. The van der Waals surface area contributed by atoms with Crippen molar-refractivity contribution in [3.05, 3.63) is 64.2 Å². The molecule has 1 aliphatic rings. The second kappa shape index (κ2) is 5.41. The summed E-state index contributed by atoms with van der Waals surface area (Å²) >= 11 is 12.0. The summed E-state index contributed by atoms with van der Waals surface area (Å²) in [7, 11) is 0. The largest absolute Gasteiger partial charge is 0.488 e. The molecule has 5 heteroatoms. The van der Waals surface area contributed by atoms with Crippen molar-refractivity contribution in [3.8, 4) is 5.75 Å². The molecule has 2 aromatic carbocycles. The van der Waals surface area contributed by atoms with Crippen LogP contribution in [0.4, 0.5) is 0 Å². The van der Waals surface area contributed by atoms with Gasteiger partial charge in [0.05, 0.1) is 12.3 Å². The van der Waals surface area contributed by atoms with E-state index in [0.717, 1.165) is 12.1 Å². The molecule has 1 unspecified atom stereocenters. The molecule has 3 nitrogen and oxygen atoms in total. The first-order chi connectivity index (χ1) is 10.7. The second-order valence-electron chi connectivity index (χ2n) is 5.34. The molecule has 0 fully saturated rings. The van der Waals surface area contributed by atoms with E-state index < -0.39 is 0 Å². The first-order valence-corrected chi connectivity index (χ1v) is 7.80. The molecule has 110 valence electrons. The predicted octanol–water partition coefficient (Wildman–Crippen LogP) is 4.66. The maximum atomic E-state index is 6.08. The molecule has 0 aliphatic carbocycles. The minimum Gasteiger partial charge on any atom is -0.488 e. The van der Waals surface area contributed by atoms with Crippen LogP contribution in [0.1, 0.15) is 17.2 Å². The first-order valence-electron chi connectivity index (χ1n) is 7.05. The van der Waals surface area contributed by atoms with Gasteiger partial charge in [0.2, 0.25) is 5.28 Å². The number of halogens is 2. The van der Waals surface area contributed by atoms with E-state index in [1.807, 2.05) is 6.07 Å². The van der Waals surface area contributed by atoms with Gasteiger partial charge in [0.25, 0.3) is 0 Å². The van der Waals surface area contributed by atoms with E-state index in [1.54, 1.807) is 0 Å². The van der Waals surface area contributed by atoms with Crippen LogP contribution in [0, 0.1) is 0 Å². The van der Waals surface area contributed by atoms with Crippen LogP contribution in [0.2, 0.25) is 10.4 Å². The van der Waals surface area contributed by atoms with E-state index in [2.05, 4.69) is 46.4 Å². The van der Waals surface area contributed by atoms with E-state index in [0.29, 0.717) is 12.4 Å². The average molecular weight is 331 g/mol. The zero-order valence-electron chi connectivity index (χ0n) is 11.6. The SMILES string of the molecule is Clc1nc(Cl)c2c(n1)CC(c1cccc3ccccc13)CO2. The number of hydrogen-bond donors (Lipinski definition) is 0. The summed E-state index contributed by atoms with van der Waals surface area (Å²) in [6.07, 6.45) is 0.741. The summed E-state index contributed by atoms with van der Waals surface area (Å²) in [4.78, 5) is 8.20. The molecule has 0 saturated carbocycles. The highest BCUT2D eigenvalue weighted by Crippen LogP contribution is 2.37. The van der Waals surface area contributed by atoms with Crippen LogP contribution >= 0.6 is 23.2 Å². The molecule has 22 heavy (non-hydrogen) atoms. The van der Waals surface area contributed by atoms with Gasteiger partial charge in [-0.1, -0.05) is 54.1 Å². The summed E-state index contributed by atoms with van der Waals surface area (Å²) in [5.74, 6) is 0.781. The van der Waals surface area contributed by atoms with Gasteiger partial charge in [-0.05, 0) is 27.9 Å². The highest BCUT2D eigenvalue weighted by atomic mass is 35.5. The molecule has 4 rings (SSSR count). The van der Waals surface area contributed by atoms with Crippen LogP contribution in [-0.4, -0.2) is 16.6 Å². The Bertz CT molecular complexity index is 861. The lowest BCUT2D eigenvalue weighted by molar-refractivity contribution is 0.258. The molecule has 0 amide bonds. The van der Waals surface area contributed by atoms with Crippen LogP contribution in [0.3, 0.4) is 0 Å². The Morgan fingerprint density at radius 1 is 1.00 bits per heavy atom. The fraction of sp³-hybridized carbons (Fsp3) is 0.176. The van der Waals surface area contributed by atoms with Gasteiger partial charge < -0.3 is 4.74 Å². The number of benzene rings is 2. The highest BCUT2D eigenvalue weighted by Gasteiger charge is 2.26. The summed E-state index contributed by atoms with van der Waals surface area (Å²) in [6.45, 7) is 0.561. The number of fused-ring (bicyclic) bond motifs is 2. The van der Waals surface area contributed by atoms with Crippen LogP contribution in [0.15, 0.2) is 42.5 Å². The van der Waals surface area contributed by atoms with E-state index >= 15 is 0 Å². The summed E-state index contributed by atoms with van der Waals surface area (Å²) < 4.78 is 5.81. The molecular formula is C17H12Cl2N2O. The molecule has 0 radical (unpaired) electrons. The van der Waals surface area contributed by atoms with Crippen molar-refractivity contribution in [1.29, 1.82) is 0 Å². The zero-order valence-corrected chi connectivity index (χ0v) is 13.1. The Morgan fingerprint density at radius 3 is 2.73 bits per heavy atom. The van der Waals surface area contributed by atoms with Crippen molar-refractivity contribution in [1.82, 2.24) is 9.97 Å². The fourth-order valence-corrected chi connectivity index (χ4v) is 3.48. The van der Waals surface area contributed by atoms with Gasteiger partial charge in [0.1, 0.15) is 0 Å². The standard InChI is InChI=1S/C17H12Cl2N2O/c18-16-15-14(20-17(19)21-16)8-11(9-22-15)13-7-3-5-10-4-1-2-6-12(10)13/h1-7,11H,8-9H2. The molecule has 3 aromatic rings. The van der Waals surface area contributed by atoms with Crippen molar-refractivity contribution < 1.29 is 4.74 Å². The van der Waals surface area contributed by atoms with Gasteiger partial charge in [-0.25, -0.2) is 9.97 Å². The Morgan fingerprint density at radius 2 is 1.82 bits per heavy atom. The van der Waals surface area contributed by atoms with Gasteiger partial charge in [-0.2, -0.15) is 0 Å². The average Bonchev–Trinajstić information content (AvgIpc) is 2.53. The summed E-state index contributed by atoms with van der Waals surface area (Å²) in [6, 6.07) is 14.7. The van der Waals surface area contributed by atoms with Crippen molar-refractivity contribution >= 4 is 34.0 Å². The molecule has 0 bridgehead atoms. The number of nitrogens with zero attached hydrogens (tertiary/aromatic N) is 2. The van der Waals surface area contributed by atoms with Gasteiger partial charge in [0, 0.05) is 12.3 Å². The van der Waals surface area contributed by atoms with Crippen LogP contribution in [0.5, 0.6) is 5.75 Å². The molecule has 0 N–H and O–H groups in total. The molecule has 2 heterocycles. The molecule has 1 aromatic heterocycles. The van der Waals surface area contributed by atoms with Gasteiger partial charge >= 0.3 is 0 Å². The third kappa shape index (κ3) is 2.31. The number of aromatic nitrogens is 2. The van der Waals surface area contributed by atoms with Crippen molar-refractivity contribution in [3.63, 3.8) is 0 Å². The monoisotopic (exact) mass is 330 g/mol. The normalized spacial score (nSPS) is 17.1. The summed E-state index contributed by atoms with van der Waals surface area (Å²) in [5.41, 5.74) is 2.03. The lowest BCUT2D eigenvalue weighted by Gasteiger charge is -2.26. The van der Waals surface area contributed by atoms with E-state index in [-0.39, 0.29) is 16.4 Å². The third-order valence-corrected chi connectivity index (χ3v) is 4.42. The highest BCUT2D eigenvalue weighted by molar-refractivity contribution is 6.32. The van der Waals surface area contributed by atoms with Gasteiger partial charge in [-0.3, -0.25) is 0 Å². The minimum absolute atomic E-state index is 0.158. The molecule has 0 saturated heterocycles. The van der Waals surface area contributed by atoms with E-state index in [9.17, 15) is 0 Å². The van der Waals surface area contributed by atoms with Crippen LogP contribution in [0.25, 0.3) is 10.8 Å². The van der Waals surface area contributed by atoms with Gasteiger partial charge in [0.15, 0.2) is 10.9 Å². The lowest BCUT2D eigenvalue weighted by atomic mass is 9.89. The van der Waals surface area contributed by atoms with Crippen LogP contribution < -0.4 is 4.74 Å². The number of ether oxygens (including phenoxy) is 1. The van der Waals surface area contributed by atoms with Gasteiger partial charge in [-0.15, -0.1) is 0 Å². The second-order valence-corrected chi connectivity index (χ2v) is 6.04. The third-order valence-electron chi connectivity index (χ3n) is 4.00. The zero-order chi connectivity index (χ0) is 15.1. The Kier molecular flexibility index (Phi) is 3.40. The number of rotatable bonds is 1. The van der Waals surface area contributed by atoms with Crippen molar-refractivity contribution in [2.24, 2.45) is 0 Å². The maximum Gasteiger partial charge on any atom is 0.224 e. The minimum atomic E-state index is 0.158. The van der Waals surface area contributed by atoms with Crippen molar-refractivity contribution in [2.75, 3.05) is 6.61 Å². The Balaban J connectivity index is 1.78. The molecular weight excluding hydrogens is 319 g/mol. The maximum absolute atomic E-state index is 6.08. The fourth-order valence-electron chi connectivity index (χ4n) is 3.00.